The van der Waals surface area contributed by atoms with Gasteiger partial charge in [0.25, 0.3) is 0 Å². The summed E-state index contributed by atoms with van der Waals surface area (Å²) in [6, 6.07) is 11.6. The van der Waals surface area contributed by atoms with Crippen molar-refractivity contribution >= 4 is 22.5 Å². The fraction of sp³-hybridized carbons (Fsp3) is 0.100. The molecule has 4 rings (SSSR count). The zero-order valence-corrected chi connectivity index (χ0v) is 15.0. The molecule has 0 saturated heterocycles. The van der Waals surface area contributed by atoms with E-state index in [1.807, 2.05) is 12.1 Å². The van der Waals surface area contributed by atoms with Gasteiger partial charge in [0.1, 0.15) is 11.5 Å². The van der Waals surface area contributed by atoms with E-state index >= 15 is 0 Å². The van der Waals surface area contributed by atoms with Gasteiger partial charge in [-0.1, -0.05) is 24.3 Å². The molecular formula is C20H17FN6O. The number of nitrogens with two attached hydrogens (primary N) is 1. The number of hydrogen-bond acceptors (Lipinski definition) is 5. The molecule has 0 atom stereocenters. The van der Waals surface area contributed by atoms with E-state index < -0.39 is 5.91 Å². The maximum atomic E-state index is 13.4. The van der Waals surface area contributed by atoms with Crippen molar-refractivity contribution < 1.29 is 9.18 Å². The number of amides is 1. The average Bonchev–Trinajstić information content (AvgIpc) is 3.11. The number of nitrogens with one attached hydrogen (secondary N) is 2. The van der Waals surface area contributed by atoms with Crippen LogP contribution in [-0.4, -0.2) is 26.1 Å². The third-order valence-corrected chi connectivity index (χ3v) is 4.43. The maximum absolute atomic E-state index is 13.4. The summed E-state index contributed by atoms with van der Waals surface area (Å²) >= 11 is 0. The van der Waals surface area contributed by atoms with Crippen LogP contribution in [0.3, 0.4) is 0 Å². The van der Waals surface area contributed by atoms with E-state index in [9.17, 15) is 9.18 Å². The van der Waals surface area contributed by atoms with Crippen molar-refractivity contribution in [3.8, 4) is 11.5 Å². The molecule has 7 nitrogen and oxygen atoms in total. The standard InChI is InChI=1S/C20H17FN6O/c1-11-19(24-9-12-4-2-5-13(21)8-12)25-20(27-26-11)17-14-6-3-7-15(18(22)28)16(14)10-23-17/h2-8,10,23H,9H2,1H3,(H2,22,28)(H,24,25,27). The Morgan fingerprint density at radius 3 is 2.79 bits per heavy atom. The third kappa shape index (κ3) is 3.27. The van der Waals surface area contributed by atoms with E-state index in [0.29, 0.717) is 40.5 Å². The average molecular weight is 376 g/mol. The van der Waals surface area contributed by atoms with E-state index in [2.05, 4.69) is 25.5 Å². The number of aromatic nitrogens is 4. The SMILES string of the molecule is Cc1nnc(-c2[nH]cc3c(C(N)=O)cccc23)nc1NCc1cccc(F)c1. The number of rotatable bonds is 5. The van der Waals surface area contributed by atoms with Crippen LogP contribution < -0.4 is 11.1 Å². The predicted octanol–water partition coefficient (Wildman–Crippen LogP) is 3.18. The summed E-state index contributed by atoms with van der Waals surface area (Å²) in [5.41, 5.74) is 7.91. The monoisotopic (exact) mass is 376 g/mol. The van der Waals surface area contributed by atoms with Gasteiger partial charge in [0.15, 0.2) is 5.82 Å². The van der Waals surface area contributed by atoms with Crippen LogP contribution in [-0.2, 0) is 6.54 Å². The summed E-state index contributed by atoms with van der Waals surface area (Å²) in [7, 11) is 0. The van der Waals surface area contributed by atoms with Crippen LogP contribution >= 0.6 is 0 Å². The van der Waals surface area contributed by atoms with E-state index in [0.717, 1.165) is 10.9 Å². The van der Waals surface area contributed by atoms with Gasteiger partial charge in [-0.05, 0) is 30.7 Å². The lowest BCUT2D eigenvalue weighted by atomic mass is 10.1. The molecule has 2 aromatic heterocycles. The molecule has 0 bridgehead atoms. The molecule has 0 saturated carbocycles. The predicted molar refractivity (Wildman–Crippen MR) is 104 cm³/mol. The van der Waals surface area contributed by atoms with Crippen LogP contribution in [0, 0.1) is 12.7 Å². The zero-order valence-electron chi connectivity index (χ0n) is 15.0. The number of fused-ring (bicyclic) bond motifs is 1. The maximum Gasteiger partial charge on any atom is 0.249 e. The summed E-state index contributed by atoms with van der Waals surface area (Å²) in [6.45, 7) is 2.18. The van der Waals surface area contributed by atoms with Gasteiger partial charge in [-0.15, -0.1) is 10.2 Å². The van der Waals surface area contributed by atoms with Crippen LogP contribution in [0.2, 0.25) is 0 Å². The van der Waals surface area contributed by atoms with Crippen LogP contribution in [0.5, 0.6) is 0 Å². The van der Waals surface area contributed by atoms with Gasteiger partial charge in [0.05, 0.1) is 5.69 Å². The van der Waals surface area contributed by atoms with Crippen molar-refractivity contribution in [2.24, 2.45) is 5.73 Å². The summed E-state index contributed by atoms with van der Waals surface area (Å²) in [5.74, 6) is 0.129. The highest BCUT2D eigenvalue weighted by Gasteiger charge is 2.15. The van der Waals surface area contributed by atoms with E-state index in [-0.39, 0.29) is 5.82 Å². The minimum atomic E-state index is -0.503. The lowest BCUT2D eigenvalue weighted by Crippen LogP contribution is -2.10. The molecule has 0 unspecified atom stereocenters. The Balaban J connectivity index is 1.68. The molecule has 0 spiro atoms. The lowest BCUT2D eigenvalue weighted by Gasteiger charge is -2.09. The quantitative estimate of drug-likeness (QED) is 0.496. The number of hydrogen-bond donors (Lipinski definition) is 3. The second kappa shape index (κ2) is 7.07. The van der Waals surface area contributed by atoms with Gasteiger partial charge in [-0.25, -0.2) is 9.37 Å². The molecule has 28 heavy (non-hydrogen) atoms. The first-order valence-corrected chi connectivity index (χ1v) is 8.63. The summed E-state index contributed by atoms with van der Waals surface area (Å²) in [4.78, 5) is 19.3. The number of primary amides is 1. The zero-order chi connectivity index (χ0) is 19.7. The molecular weight excluding hydrogens is 359 g/mol. The van der Waals surface area contributed by atoms with Crippen molar-refractivity contribution in [2.75, 3.05) is 5.32 Å². The van der Waals surface area contributed by atoms with Gasteiger partial charge in [0, 0.05) is 29.1 Å². The lowest BCUT2D eigenvalue weighted by molar-refractivity contribution is 0.100. The second-order valence-electron chi connectivity index (χ2n) is 6.35. The highest BCUT2D eigenvalue weighted by atomic mass is 19.1. The van der Waals surface area contributed by atoms with Crippen LogP contribution in [0.25, 0.3) is 22.3 Å². The molecule has 2 aromatic carbocycles. The normalized spacial score (nSPS) is 10.9. The third-order valence-electron chi connectivity index (χ3n) is 4.43. The highest BCUT2D eigenvalue weighted by Crippen LogP contribution is 2.28. The van der Waals surface area contributed by atoms with Crippen molar-refractivity contribution in [2.45, 2.75) is 13.5 Å². The molecule has 140 valence electrons. The first kappa shape index (κ1) is 17.6. The Morgan fingerprint density at radius 1 is 1.18 bits per heavy atom. The number of carbonyl (C=O) groups excluding carboxylic acids is 1. The molecule has 1 amide bonds. The first-order valence-electron chi connectivity index (χ1n) is 8.63. The number of H-pyrrole nitrogens is 1. The Labute approximate surface area is 159 Å². The van der Waals surface area contributed by atoms with Crippen molar-refractivity contribution in [1.82, 2.24) is 20.2 Å². The van der Waals surface area contributed by atoms with Crippen molar-refractivity contribution in [3.05, 3.63) is 71.3 Å². The molecule has 0 radical (unpaired) electrons. The molecule has 4 aromatic rings. The van der Waals surface area contributed by atoms with Crippen LogP contribution in [0.15, 0.2) is 48.7 Å². The highest BCUT2D eigenvalue weighted by molar-refractivity contribution is 6.09. The van der Waals surface area contributed by atoms with Crippen molar-refractivity contribution in [3.63, 3.8) is 0 Å². The van der Waals surface area contributed by atoms with Gasteiger partial charge in [-0.3, -0.25) is 4.79 Å². The first-order chi connectivity index (χ1) is 13.5. The number of halogens is 1. The summed E-state index contributed by atoms with van der Waals surface area (Å²) in [6.07, 6.45) is 1.70. The molecule has 2 heterocycles. The molecule has 0 aliphatic rings. The van der Waals surface area contributed by atoms with E-state index in [1.165, 1.54) is 12.1 Å². The van der Waals surface area contributed by atoms with Crippen LogP contribution in [0.1, 0.15) is 21.6 Å². The fourth-order valence-corrected chi connectivity index (χ4v) is 3.05. The smallest absolute Gasteiger partial charge is 0.249 e. The topological polar surface area (TPSA) is 110 Å². The Bertz CT molecular complexity index is 1190. The number of aryl methyl sites for hydroxylation is 1. The van der Waals surface area contributed by atoms with Gasteiger partial charge >= 0.3 is 0 Å². The molecule has 8 heteroatoms. The van der Waals surface area contributed by atoms with Crippen molar-refractivity contribution in [1.29, 1.82) is 0 Å². The largest absolute Gasteiger partial charge is 0.366 e. The number of nitrogens with zero attached hydrogens (tertiary/aromatic N) is 3. The van der Waals surface area contributed by atoms with Gasteiger partial charge in [-0.2, -0.15) is 0 Å². The van der Waals surface area contributed by atoms with E-state index in [4.69, 9.17) is 5.73 Å². The second-order valence-corrected chi connectivity index (χ2v) is 6.35. The molecule has 4 N–H and O–H groups in total. The fourth-order valence-electron chi connectivity index (χ4n) is 3.05. The number of aromatic amines is 1. The Kier molecular flexibility index (Phi) is 4.44. The van der Waals surface area contributed by atoms with Gasteiger partial charge < -0.3 is 16.0 Å². The number of anilines is 1. The summed E-state index contributed by atoms with van der Waals surface area (Å²) in [5, 5.41) is 13.0. The van der Waals surface area contributed by atoms with E-state index in [1.54, 1.807) is 31.3 Å². The minimum Gasteiger partial charge on any atom is -0.366 e. The molecule has 0 fully saturated rings. The Hall–Kier alpha value is -3.81. The molecule has 0 aliphatic heterocycles. The minimum absolute atomic E-state index is 0.291. The molecule has 0 aliphatic carbocycles. The summed E-state index contributed by atoms with van der Waals surface area (Å²) < 4.78 is 13.4. The number of benzene rings is 2. The van der Waals surface area contributed by atoms with Crippen LogP contribution in [0.4, 0.5) is 10.2 Å². The van der Waals surface area contributed by atoms with Gasteiger partial charge in [0.2, 0.25) is 11.7 Å². The Morgan fingerprint density at radius 2 is 2.00 bits per heavy atom. The number of carbonyl (C=O) groups is 1.